The summed E-state index contributed by atoms with van der Waals surface area (Å²) in [5, 5.41) is 6.09. The van der Waals surface area contributed by atoms with E-state index in [1.165, 1.54) is 13.4 Å². The number of nitrogens with zero attached hydrogens (tertiary/aromatic N) is 2. The topological polar surface area (TPSA) is 76.1 Å². The highest BCUT2D eigenvalue weighted by atomic mass is 16.5. The molecule has 0 aliphatic rings. The number of ether oxygens (including phenoxy) is 1. The van der Waals surface area contributed by atoms with Gasteiger partial charge in [0.1, 0.15) is 24.5 Å². The number of esters is 1. The number of rotatable bonds is 5. The third-order valence-corrected chi connectivity index (χ3v) is 2.11. The van der Waals surface area contributed by atoms with Gasteiger partial charge in [-0.25, -0.2) is 9.97 Å². The maximum atomic E-state index is 11.0. The van der Waals surface area contributed by atoms with Crippen molar-refractivity contribution >= 4 is 17.6 Å². The Morgan fingerprint density at radius 1 is 1.28 bits per heavy atom. The van der Waals surface area contributed by atoms with Gasteiger partial charge in [-0.3, -0.25) is 4.79 Å². The fraction of sp³-hybridized carbons (Fsp3) is 0.583. The van der Waals surface area contributed by atoms with E-state index >= 15 is 0 Å². The molecule has 1 aromatic rings. The van der Waals surface area contributed by atoms with Crippen molar-refractivity contribution < 1.29 is 9.53 Å². The van der Waals surface area contributed by atoms with Crippen molar-refractivity contribution in [3.8, 4) is 0 Å². The number of methoxy groups -OCH3 is 1. The molecule has 0 aliphatic carbocycles. The van der Waals surface area contributed by atoms with Crippen molar-refractivity contribution in [1.29, 1.82) is 0 Å². The SMILES string of the molecule is COC(=O)CNc1cc(NCC(C)(C)C)ncn1. The van der Waals surface area contributed by atoms with Gasteiger partial charge in [-0.2, -0.15) is 0 Å². The van der Waals surface area contributed by atoms with Crippen LogP contribution in [0.15, 0.2) is 12.4 Å². The number of hydrogen-bond donors (Lipinski definition) is 2. The molecule has 0 unspecified atom stereocenters. The molecule has 18 heavy (non-hydrogen) atoms. The van der Waals surface area contributed by atoms with Crippen LogP contribution in [0.4, 0.5) is 11.6 Å². The highest BCUT2D eigenvalue weighted by Gasteiger charge is 2.10. The molecule has 100 valence electrons. The predicted octanol–water partition coefficient (Wildman–Crippen LogP) is 1.52. The maximum Gasteiger partial charge on any atom is 0.325 e. The van der Waals surface area contributed by atoms with E-state index in [-0.39, 0.29) is 17.9 Å². The van der Waals surface area contributed by atoms with Gasteiger partial charge < -0.3 is 15.4 Å². The fourth-order valence-corrected chi connectivity index (χ4v) is 1.14. The molecule has 2 N–H and O–H groups in total. The van der Waals surface area contributed by atoms with E-state index in [2.05, 4.69) is 46.1 Å². The molecule has 1 heterocycles. The third kappa shape index (κ3) is 5.47. The second kappa shape index (κ2) is 6.18. The van der Waals surface area contributed by atoms with Crippen LogP contribution in [0.25, 0.3) is 0 Å². The molecule has 0 aromatic carbocycles. The molecule has 0 atom stereocenters. The maximum absolute atomic E-state index is 11.0. The van der Waals surface area contributed by atoms with E-state index in [9.17, 15) is 4.79 Å². The van der Waals surface area contributed by atoms with Crippen LogP contribution in [0.2, 0.25) is 0 Å². The fourth-order valence-electron chi connectivity index (χ4n) is 1.14. The Morgan fingerprint density at radius 3 is 2.44 bits per heavy atom. The number of aromatic nitrogens is 2. The van der Waals surface area contributed by atoms with E-state index in [1.807, 2.05) is 0 Å². The summed E-state index contributed by atoms with van der Waals surface area (Å²) in [6.07, 6.45) is 1.45. The van der Waals surface area contributed by atoms with Crippen LogP contribution >= 0.6 is 0 Å². The normalized spacial score (nSPS) is 10.9. The standard InChI is InChI=1S/C12H20N4O2/c1-12(2,3)7-14-10-5-9(15-8-16-10)13-6-11(17)18-4/h5,8H,6-7H2,1-4H3,(H2,13,14,15,16). The molecular formula is C12H20N4O2. The minimum absolute atomic E-state index is 0.0895. The minimum atomic E-state index is -0.335. The van der Waals surface area contributed by atoms with Crippen molar-refractivity contribution in [2.45, 2.75) is 20.8 Å². The molecule has 0 spiro atoms. The molecule has 0 bridgehead atoms. The van der Waals surface area contributed by atoms with Crippen LogP contribution in [0, 0.1) is 5.41 Å². The van der Waals surface area contributed by atoms with Crippen molar-refractivity contribution in [1.82, 2.24) is 9.97 Å². The van der Waals surface area contributed by atoms with Crippen LogP contribution in [0.1, 0.15) is 20.8 Å². The Bertz CT molecular complexity index is 401. The zero-order chi connectivity index (χ0) is 13.6. The lowest BCUT2D eigenvalue weighted by molar-refractivity contribution is -0.138. The van der Waals surface area contributed by atoms with Gasteiger partial charge in [0.25, 0.3) is 0 Å². The van der Waals surface area contributed by atoms with Crippen molar-refractivity contribution in [3.63, 3.8) is 0 Å². The molecule has 0 fully saturated rings. The number of hydrogen-bond acceptors (Lipinski definition) is 6. The first-order chi connectivity index (χ1) is 8.40. The minimum Gasteiger partial charge on any atom is -0.468 e. The van der Waals surface area contributed by atoms with Gasteiger partial charge in [0.15, 0.2) is 0 Å². The first-order valence-corrected chi connectivity index (χ1v) is 5.77. The van der Waals surface area contributed by atoms with Crippen LogP contribution < -0.4 is 10.6 Å². The lowest BCUT2D eigenvalue weighted by atomic mass is 9.97. The molecule has 6 heteroatoms. The van der Waals surface area contributed by atoms with Crippen LogP contribution in [0.5, 0.6) is 0 Å². The van der Waals surface area contributed by atoms with Gasteiger partial charge in [-0.15, -0.1) is 0 Å². The van der Waals surface area contributed by atoms with Gasteiger partial charge in [0.2, 0.25) is 0 Å². The Morgan fingerprint density at radius 2 is 1.89 bits per heavy atom. The summed E-state index contributed by atoms with van der Waals surface area (Å²) in [5.41, 5.74) is 0.171. The molecule has 0 saturated carbocycles. The molecule has 1 rings (SSSR count). The Balaban J connectivity index is 2.54. The average molecular weight is 252 g/mol. The second-order valence-electron chi connectivity index (χ2n) is 5.13. The molecule has 0 radical (unpaired) electrons. The van der Waals surface area contributed by atoms with Crippen LogP contribution in [-0.2, 0) is 9.53 Å². The van der Waals surface area contributed by atoms with Crippen molar-refractivity contribution in [2.24, 2.45) is 5.41 Å². The quantitative estimate of drug-likeness (QED) is 0.774. The summed E-state index contributed by atoms with van der Waals surface area (Å²) >= 11 is 0. The van der Waals surface area contributed by atoms with E-state index in [0.717, 1.165) is 12.4 Å². The van der Waals surface area contributed by atoms with Crippen molar-refractivity contribution in [2.75, 3.05) is 30.8 Å². The number of carbonyl (C=O) groups excluding carboxylic acids is 1. The molecule has 0 amide bonds. The highest BCUT2D eigenvalue weighted by molar-refractivity contribution is 5.74. The molecule has 6 nitrogen and oxygen atoms in total. The summed E-state index contributed by atoms with van der Waals surface area (Å²) in [7, 11) is 1.35. The monoisotopic (exact) mass is 252 g/mol. The van der Waals surface area contributed by atoms with Gasteiger partial charge in [-0.1, -0.05) is 20.8 Å². The van der Waals surface area contributed by atoms with Gasteiger partial charge in [0.05, 0.1) is 7.11 Å². The summed E-state index contributed by atoms with van der Waals surface area (Å²) in [5.74, 6) is 0.983. The van der Waals surface area contributed by atoms with Crippen LogP contribution in [0.3, 0.4) is 0 Å². The first-order valence-electron chi connectivity index (χ1n) is 5.77. The van der Waals surface area contributed by atoms with Crippen LogP contribution in [-0.4, -0.2) is 36.1 Å². The third-order valence-electron chi connectivity index (χ3n) is 2.11. The van der Waals surface area contributed by atoms with Gasteiger partial charge in [-0.05, 0) is 5.41 Å². The van der Waals surface area contributed by atoms with Gasteiger partial charge in [0, 0.05) is 12.6 Å². The van der Waals surface area contributed by atoms with Gasteiger partial charge >= 0.3 is 5.97 Å². The molecule has 1 aromatic heterocycles. The molecular weight excluding hydrogens is 232 g/mol. The predicted molar refractivity (Wildman–Crippen MR) is 70.5 cm³/mol. The summed E-state index contributed by atoms with van der Waals surface area (Å²) in [6, 6.07) is 1.76. The number of nitrogens with one attached hydrogen (secondary N) is 2. The van der Waals surface area contributed by atoms with E-state index < -0.39 is 0 Å². The Kier molecular flexibility index (Phi) is 4.88. The smallest absolute Gasteiger partial charge is 0.325 e. The first kappa shape index (κ1) is 14.2. The lowest BCUT2D eigenvalue weighted by Crippen LogP contribution is -2.20. The second-order valence-corrected chi connectivity index (χ2v) is 5.13. The van der Waals surface area contributed by atoms with Crippen molar-refractivity contribution in [3.05, 3.63) is 12.4 Å². The highest BCUT2D eigenvalue weighted by Crippen LogP contribution is 2.15. The summed E-state index contributed by atoms with van der Waals surface area (Å²) < 4.78 is 4.53. The number of carbonyl (C=O) groups is 1. The Labute approximate surface area is 107 Å². The molecule has 0 aliphatic heterocycles. The molecule has 0 saturated heterocycles. The summed E-state index contributed by atoms with van der Waals surface area (Å²) in [4.78, 5) is 19.1. The zero-order valence-corrected chi connectivity index (χ0v) is 11.3. The largest absolute Gasteiger partial charge is 0.468 e. The van der Waals surface area contributed by atoms with E-state index in [1.54, 1.807) is 6.07 Å². The van der Waals surface area contributed by atoms with E-state index in [0.29, 0.717) is 5.82 Å². The average Bonchev–Trinajstić information content (AvgIpc) is 2.33. The van der Waals surface area contributed by atoms with E-state index in [4.69, 9.17) is 0 Å². The zero-order valence-electron chi connectivity index (χ0n) is 11.3. The Hall–Kier alpha value is -1.85. The summed E-state index contributed by atoms with van der Waals surface area (Å²) in [6.45, 7) is 7.31. The lowest BCUT2D eigenvalue weighted by Gasteiger charge is -2.19. The number of anilines is 2.